The van der Waals surface area contributed by atoms with Gasteiger partial charge in [0, 0.05) is 12.1 Å². The van der Waals surface area contributed by atoms with Gasteiger partial charge in [0.15, 0.2) is 23.0 Å². The molecule has 0 aromatic heterocycles. The van der Waals surface area contributed by atoms with Gasteiger partial charge in [0.05, 0.1) is 42.2 Å². The third-order valence-electron chi connectivity index (χ3n) is 4.42. The molecular weight excluding hydrogens is 497 g/mol. The van der Waals surface area contributed by atoms with Gasteiger partial charge in [-0.3, -0.25) is 9.59 Å². The molecule has 11 heteroatoms. The first kappa shape index (κ1) is 28.2. The largest absolute Gasteiger partial charge is 0.494 e. The number of carbonyl (C=O) groups is 2. The third kappa shape index (κ3) is 7.47. The molecule has 190 valence electrons. The molecule has 1 N–H and O–H groups in total. The molecule has 1 amide bonds. The van der Waals surface area contributed by atoms with Crippen LogP contribution in [0, 0.1) is 0 Å². The summed E-state index contributed by atoms with van der Waals surface area (Å²) in [6.07, 6.45) is 0. The number of azo groups is 1. The van der Waals surface area contributed by atoms with Crippen molar-refractivity contribution in [2.24, 2.45) is 10.2 Å². The van der Waals surface area contributed by atoms with Gasteiger partial charge in [0.1, 0.15) is 11.4 Å². The molecule has 0 fully saturated rings. The lowest BCUT2D eigenvalue weighted by Crippen LogP contribution is -2.32. The van der Waals surface area contributed by atoms with Gasteiger partial charge in [0.25, 0.3) is 5.91 Å². The fourth-order valence-electron chi connectivity index (χ4n) is 3.00. The second-order valence-corrected chi connectivity index (χ2v) is 7.77. The molecule has 9 nitrogen and oxygen atoms in total. The zero-order chi connectivity index (χ0) is 26.0. The molecule has 35 heavy (non-hydrogen) atoms. The fraction of sp³-hybridized carbons (Fsp3) is 0.417. The van der Waals surface area contributed by atoms with E-state index in [1.165, 1.54) is 6.92 Å². The Morgan fingerprint density at radius 2 is 1.51 bits per heavy atom. The third-order valence-corrected chi connectivity index (χ3v) is 5.00. The van der Waals surface area contributed by atoms with Crippen LogP contribution < -0.4 is 24.3 Å². The van der Waals surface area contributed by atoms with Crippen LogP contribution in [0.5, 0.6) is 23.0 Å². The van der Waals surface area contributed by atoms with Crippen LogP contribution in [0.3, 0.4) is 0 Å². The predicted octanol–water partition coefficient (Wildman–Crippen LogP) is 6.27. The highest BCUT2D eigenvalue weighted by atomic mass is 35.5. The number of carbonyl (C=O) groups excluding carboxylic acids is 2. The molecule has 0 saturated carbocycles. The monoisotopic (exact) mass is 525 g/mol. The van der Waals surface area contributed by atoms with Gasteiger partial charge < -0.3 is 24.3 Å². The topological polar surface area (TPSA) is 108 Å². The van der Waals surface area contributed by atoms with Crippen LogP contribution in [0.15, 0.2) is 34.5 Å². The van der Waals surface area contributed by atoms with Crippen molar-refractivity contribution in [2.45, 2.75) is 40.7 Å². The van der Waals surface area contributed by atoms with E-state index in [2.05, 4.69) is 15.5 Å². The first-order chi connectivity index (χ1) is 16.8. The van der Waals surface area contributed by atoms with Crippen molar-refractivity contribution in [1.29, 1.82) is 0 Å². The van der Waals surface area contributed by atoms with E-state index in [1.807, 2.05) is 6.92 Å². The molecule has 0 radical (unpaired) electrons. The molecule has 1 unspecified atom stereocenters. The molecule has 2 aromatic rings. The first-order valence-corrected chi connectivity index (χ1v) is 11.9. The van der Waals surface area contributed by atoms with Crippen LogP contribution in [0.4, 0.5) is 11.4 Å². The molecule has 0 spiro atoms. The minimum absolute atomic E-state index is 0.177. The van der Waals surface area contributed by atoms with Crippen molar-refractivity contribution < 1.29 is 28.5 Å². The Labute approximate surface area is 214 Å². The number of Topliss-reactive ketones (excluding diaryl/α,β-unsaturated/α-hetero) is 1. The van der Waals surface area contributed by atoms with E-state index in [4.69, 9.17) is 42.1 Å². The van der Waals surface area contributed by atoms with E-state index < -0.39 is 17.7 Å². The van der Waals surface area contributed by atoms with E-state index in [-0.39, 0.29) is 27.9 Å². The molecule has 0 aliphatic heterocycles. The number of ether oxygens (including phenoxy) is 4. The van der Waals surface area contributed by atoms with Gasteiger partial charge in [-0.05, 0) is 46.8 Å². The van der Waals surface area contributed by atoms with Gasteiger partial charge in [-0.2, -0.15) is 5.11 Å². The number of amides is 1. The number of anilines is 1. The van der Waals surface area contributed by atoms with E-state index in [9.17, 15) is 9.59 Å². The highest BCUT2D eigenvalue weighted by molar-refractivity contribution is 6.33. The van der Waals surface area contributed by atoms with Crippen molar-refractivity contribution in [3.8, 4) is 23.0 Å². The van der Waals surface area contributed by atoms with Crippen molar-refractivity contribution in [3.05, 3.63) is 34.3 Å². The Hall–Kier alpha value is -3.04. The maximum absolute atomic E-state index is 13.0. The molecule has 0 heterocycles. The fourth-order valence-corrected chi connectivity index (χ4v) is 3.44. The van der Waals surface area contributed by atoms with E-state index in [1.54, 1.807) is 45.0 Å². The molecule has 2 rings (SSSR count). The number of nitrogens with zero attached hydrogens (tertiary/aromatic N) is 2. The van der Waals surface area contributed by atoms with Crippen molar-refractivity contribution in [2.75, 3.05) is 31.7 Å². The summed E-state index contributed by atoms with van der Waals surface area (Å²) in [4.78, 5) is 25.3. The van der Waals surface area contributed by atoms with Gasteiger partial charge in [-0.25, -0.2) is 0 Å². The number of halogens is 2. The summed E-state index contributed by atoms with van der Waals surface area (Å²) in [6, 6.07) is 4.84. The molecule has 0 bridgehead atoms. The summed E-state index contributed by atoms with van der Waals surface area (Å²) in [5.41, 5.74) is 0.455. The SMILES string of the molecule is CCOc1cc(Cl)c(N=NC(C(C)=O)C(=O)Nc2ccc(Cl)c(OCC)c2OCC)c(OCC)c1. The number of nitrogens with one attached hydrogen (secondary N) is 1. The highest BCUT2D eigenvalue weighted by Gasteiger charge is 2.26. The standard InChI is InChI=1S/C24H29Cl2N3O6/c1-6-32-15-12-17(26)21(19(13-15)33-7-2)29-28-20(14(5)30)24(31)27-18-11-10-16(25)22(34-8-3)23(18)35-9-4/h10-13,20H,6-9H2,1-5H3,(H,27,31). The van der Waals surface area contributed by atoms with Gasteiger partial charge >= 0.3 is 0 Å². The summed E-state index contributed by atoms with van der Waals surface area (Å²) < 4.78 is 22.3. The average molecular weight is 526 g/mol. The molecular formula is C24H29Cl2N3O6. The summed E-state index contributed by atoms with van der Waals surface area (Å²) in [6.45, 7) is 9.88. The lowest BCUT2D eigenvalue weighted by Gasteiger charge is -2.18. The van der Waals surface area contributed by atoms with E-state index in [0.717, 1.165) is 0 Å². The van der Waals surface area contributed by atoms with Crippen molar-refractivity contribution in [1.82, 2.24) is 0 Å². The van der Waals surface area contributed by atoms with Crippen LogP contribution >= 0.6 is 23.2 Å². The molecule has 0 aliphatic carbocycles. The van der Waals surface area contributed by atoms with Crippen molar-refractivity contribution >= 4 is 46.3 Å². The van der Waals surface area contributed by atoms with E-state index >= 15 is 0 Å². The normalized spacial score (nSPS) is 11.7. The van der Waals surface area contributed by atoms with Crippen LogP contribution in [-0.2, 0) is 9.59 Å². The van der Waals surface area contributed by atoms with Crippen LogP contribution in [-0.4, -0.2) is 44.2 Å². The Bertz CT molecular complexity index is 1080. The Morgan fingerprint density at radius 1 is 0.886 bits per heavy atom. The maximum atomic E-state index is 13.0. The second kappa shape index (κ2) is 13.7. The summed E-state index contributed by atoms with van der Waals surface area (Å²) in [7, 11) is 0. The Morgan fingerprint density at radius 3 is 2.11 bits per heavy atom. The van der Waals surface area contributed by atoms with Gasteiger partial charge in [-0.15, -0.1) is 5.11 Å². The van der Waals surface area contributed by atoms with Crippen molar-refractivity contribution in [3.63, 3.8) is 0 Å². The van der Waals surface area contributed by atoms with Crippen LogP contribution in [0.2, 0.25) is 10.0 Å². The zero-order valence-electron chi connectivity index (χ0n) is 20.3. The van der Waals surface area contributed by atoms with E-state index in [0.29, 0.717) is 42.9 Å². The minimum Gasteiger partial charge on any atom is -0.494 e. The quantitative estimate of drug-likeness (QED) is 0.244. The van der Waals surface area contributed by atoms with Gasteiger partial charge in [-0.1, -0.05) is 23.2 Å². The lowest BCUT2D eigenvalue weighted by atomic mass is 10.2. The Balaban J connectivity index is 2.39. The molecule has 0 saturated heterocycles. The zero-order valence-corrected chi connectivity index (χ0v) is 21.8. The molecule has 0 aliphatic rings. The molecule has 2 aromatic carbocycles. The number of rotatable bonds is 13. The molecule has 1 atom stereocenters. The Kier molecular flexibility index (Phi) is 11.1. The number of hydrogen-bond donors (Lipinski definition) is 1. The number of benzene rings is 2. The minimum atomic E-state index is -1.45. The second-order valence-electron chi connectivity index (χ2n) is 6.95. The average Bonchev–Trinajstić information content (AvgIpc) is 2.80. The summed E-state index contributed by atoms with van der Waals surface area (Å²) in [5, 5.41) is 11.2. The van der Waals surface area contributed by atoms with Crippen LogP contribution in [0.25, 0.3) is 0 Å². The van der Waals surface area contributed by atoms with Gasteiger partial charge in [0.2, 0.25) is 6.04 Å². The summed E-state index contributed by atoms with van der Waals surface area (Å²) >= 11 is 12.6. The lowest BCUT2D eigenvalue weighted by molar-refractivity contribution is -0.126. The smallest absolute Gasteiger partial charge is 0.258 e. The van der Waals surface area contributed by atoms with Crippen LogP contribution in [0.1, 0.15) is 34.6 Å². The summed E-state index contributed by atoms with van der Waals surface area (Å²) in [5.74, 6) is 0.111. The maximum Gasteiger partial charge on any atom is 0.258 e. The number of ketones is 1. The first-order valence-electron chi connectivity index (χ1n) is 11.2. The predicted molar refractivity (Wildman–Crippen MR) is 135 cm³/mol. The number of hydrogen-bond acceptors (Lipinski definition) is 8. The highest BCUT2D eigenvalue weighted by Crippen LogP contribution is 2.42.